The molecule has 0 heterocycles. The first-order valence-corrected chi connectivity index (χ1v) is 19.5. The van der Waals surface area contributed by atoms with Crippen LogP contribution in [-0.2, 0) is 42.9 Å². The highest BCUT2D eigenvalue weighted by molar-refractivity contribution is 5.85. The molecule has 0 aromatic rings. The largest absolute Gasteiger partial charge is 0.462 e. The number of rotatable bonds is 34. The summed E-state index contributed by atoms with van der Waals surface area (Å²) in [5.41, 5.74) is 0. The summed E-state index contributed by atoms with van der Waals surface area (Å²) in [6.45, 7) is 7.68. The van der Waals surface area contributed by atoms with E-state index in [1.54, 1.807) is 0 Å². The lowest BCUT2D eigenvalue weighted by molar-refractivity contribution is -0.153. The average Bonchev–Trinajstić information content (AvgIpc) is 3.07. The third kappa shape index (κ3) is 29.7. The SMILES string of the molecule is CCCCCC(CC)OC(=O)CCCCCCCCC(=O)OCC(=O)COC(=O)CCCCCCCCC(=O)OC(CC)CCCCC. The van der Waals surface area contributed by atoms with Gasteiger partial charge in [0, 0.05) is 25.7 Å². The van der Waals surface area contributed by atoms with E-state index in [0.29, 0.717) is 25.7 Å². The smallest absolute Gasteiger partial charge is 0.306 e. The quantitative estimate of drug-likeness (QED) is 0.0371. The number of Topliss-reactive ketones (excluding diaryl/α,β-unsaturated/α-hetero) is 1. The number of ketones is 1. The van der Waals surface area contributed by atoms with Crippen molar-refractivity contribution in [3.05, 3.63) is 0 Å². The molecule has 0 amide bonds. The molecule has 0 spiro atoms. The Hall–Kier alpha value is -2.45. The van der Waals surface area contributed by atoms with Gasteiger partial charge in [-0.3, -0.25) is 24.0 Å². The lowest BCUT2D eigenvalue weighted by Crippen LogP contribution is -2.20. The molecule has 0 fully saturated rings. The summed E-state index contributed by atoms with van der Waals surface area (Å²) in [6, 6.07) is 0. The van der Waals surface area contributed by atoms with Crippen molar-refractivity contribution < 1.29 is 42.9 Å². The summed E-state index contributed by atoms with van der Waals surface area (Å²) in [7, 11) is 0. The van der Waals surface area contributed by atoms with Gasteiger partial charge in [0.2, 0.25) is 5.78 Å². The summed E-state index contributed by atoms with van der Waals surface area (Å²) in [6.07, 6.45) is 22.6. The number of carbonyl (C=O) groups excluding carboxylic acids is 5. The first kappa shape index (κ1) is 45.6. The third-order valence-electron chi connectivity index (χ3n) is 8.58. The molecule has 0 aliphatic heterocycles. The van der Waals surface area contributed by atoms with Crippen molar-refractivity contribution in [3.63, 3.8) is 0 Å². The molecule has 48 heavy (non-hydrogen) atoms. The van der Waals surface area contributed by atoms with Crippen molar-refractivity contribution >= 4 is 29.7 Å². The van der Waals surface area contributed by atoms with Gasteiger partial charge in [0.1, 0.15) is 12.2 Å². The zero-order valence-corrected chi connectivity index (χ0v) is 31.1. The normalized spacial score (nSPS) is 12.2. The van der Waals surface area contributed by atoms with Gasteiger partial charge in [-0.15, -0.1) is 0 Å². The van der Waals surface area contributed by atoms with E-state index in [-0.39, 0.29) is 50.2 Å². The van der Waals surface area contributed by atoms with Crippen LogP contribution in [0.15, 0.2) is 0 Å². The van der Waals surface area contributed by atoms with E-state index in [2.05, 4.69) is 27.7 Å². The summed E-state index contributed by atoms with van der Waals surface area (Å²) in [4.78, 5) is 59.9. The molecule has 0 aliphatic rings. The molecule has 0 aromatic carbocycles. The summed E-state index contributed by atoms with van der Waals surface area (Å²) in [5, 5.41) is 0. The van der Waals surface area contributed by atoms with Crippen LogP contribution in [0.5, 0.6) is 0 Å². The standard InChI is InChI=1S/C39H70O9/c1-5-9-19-25-34(7-3)47-38(43)29-23-17-13-11-15-21-27-36(41)45-31-33(40)32-46-37(42)28-22-16-12-14-18-24-30-39(44)48-35(8-4)26-20-10-6-2/h34-35H,5-32H2,1-4H3. The molecule has 0 N–H and O–H groups in total. The molecule has 0 rings (SSSR count). The predicted molar refractivity (Wildman–Crippen MR) is 189 cm³/mol. The average molecular weight is 683 g/mol. The molecule has 0 radical (unpaired) electrons. The van der Waals surface area contributed by atoms with E-state index in [1.165, 1.54) is 12.8 Å². The Morgan fingerprint density at radius 3 is 1.02 bits per heavy atom. The summed E-state index contributed by atoms with van der Waals surface area (Å²) < 4.78 is 21.2. The Kier molecular flexibility index (Phi) is 31.4. The van der Waals surface area contributed by atoms with Crippen LogP contribution < -0.4 is 0 Å². The lowest BCUT2D eigenvalue weighted by Gasteiger charge is -2.16. The zero-order valence-electron chi connectivity index (χ0n) is 31.1. The molecule has 2 unspecified atom stereocenters. The van der Waals surface area contributed by atoms with E-state index in [4.69, 9.17) is 18.9 Å². The Bertz CT molecular complexity index is 775. The first-order valence-electron chi connectivity index (χ1n) is 19.5. The van der Waals surface area contributed by atoms with Gasteiger partial charge >= 0.3 is 23.9 Å². The van der Waals surface area contributed by atoms with Gasteiger partial charge in [-0.2, -0.15) is 0 Å². The molecule has 2 atom stereocenters. The van der Waals surface area contributed by atoms with Gasteiger partial charge in [0.05, 0.1) is 0 Å². The zero-order chi connectivity index (χ0) is 35.7. The van der Waals surface area contributed by atoms with Crippen LogP contribution in [0.2, 0.25) is 0 Å². The van der Waals surface area contributed by atoms with Crippen LogP contribution in [0, 0.1) is 0 Å². The Balaban J connectivity index is 3.66. The number of ether oxygens (including phenoxy) is 4. The number of hydrogen-bond donors (Lipinski definition) is 0. The first-order chi connectivity index (χ1) is 23.2. The molecule has 0 bridgehead atoms. The van der Waals surface area contributed by atoms with Crippen LogP contribution in [0.25, 0.3) is 0 Å². The van der Waals surface area contributed by atoms with Crippen LogP contribution in [0.4, 0.5) is 0 Å². The molecule has 0 saturated heterocycles. The van der Waals surface area contributed by atoms with Crippen LogP contribution >= 0.6 is 0 Å². The minimum atomic E-state index is -0.439. The van der Waals surface area contributed by atoms with E-state index in [1.807, 2.05) is 0 Å². The van der Waals surface area contributed by atoms with Crippen molar-refractivity contribution in [2.24, 2.45) is 0 Å². The van der Waals surface area contributed by atoms with Gasteiger partial charge in [0.15, 0.2) is 13.2 Å². The van der Waals surface area contributed by atoms with Crippen LogP contribution in [-0.4, -0.2) is 55.1 Å². The van der Waals surface area contributed by atoms with Gasteiger partial charge in [-0.05, 0) is 64.2 Å². The maximum Gasteiger partial charge on any atom is 0.306 e. The monoisotopic (exact) mass is 683 g/mol. The Morgan fingerprint density at radius 1 is 0.396 bits per heavy atom. The van der Waals surface area contributed by atoms with E-state index >= 15 is 0 Å². The van der Waals surface area contributed by atoms with Crippen molar-refractivity contribution in [1.82, 2.24) is 0 Å². The maximum atomic E-state index is 12.1. The number of unbranched alkanes of at least 4 members (excludes halogenated alkanes) is 14. The fraction of sp³-hybridized carbons (Fsp3) is 0.872. The minimum Gasteiger partial charge on any atom is -0.462 e. The van der Waals surface area contributed by atoms with Gasteiger partial charge in [-0.25, -0.2) is 0 Å². The van der Waals surface area contributed by atoms with Gasteiger partial charge in [-0.1, -0.05) is 105 Å². The topological polar surface area (TPSA) is 122 Å². The second-order valence-corrected chi connectivity index (χ2v) is 13.1. The molecule has 9 nitrogen and oxygen atoms in total. The number of esters is 4. The molecule has 0 aliphatic carbocycles. The molecule has 9 heteroatoms. The second kappa shape index (κ2) is 33.1. The molecule has 0 saturated carbocycles. The van der Waals surface area contributed by atoms with Crippen molar-refractivity contribution in [3.8, 4) is 0 Å². The Morgan fingerprint density at radius 2 is 0.708 bits per heavy atom. The third-order valence-corrected chi connectivity index (χ3v) is 8.58. The maximum absolute atomic E-state index is 12.1. The minimum absolute atomic E-state index is 0.0428. The van der Waals surface area contributed by atoms with Gasteiger partial charge < -0.3 is 18.9 Å². The summed E-state index contributed by atoms with van der Waals surface area (Å²) >= 11 is 0. The highest BCUT2D eigenvalue weighted by Gasteiger charge is 2.14. The number of hydrogen-bond acceptors (Lipinski definition) is 9. The van der Waals surface area contributed by atoms with E-state index in [9.17, 15) is 24.0 Å². The van der Waals surface area contributed by atoms with E-state index in [0.717, 1.165) is 116 Å². The van der Waals surface area contributed by atoms with Gasteiger partial charge in [0.25, 0.3) is 0 Å². The molecule has 280 valence electrons. The highest BCUT2D eigenvalue weighted by atomic mass is 16.6. The van der Waals surface area contributed by atoms with Crippen LogP contribution in [0.1, 0.15) is 195 Å². The molecular weight excluding hydrogens is 612 g/mol. The van der Waals surface area contributed by atoms with Crippen molar-refractivity contribution in [2.75, 3.05) is 13.2 Å². The predicted octanol–water partition coefficient (Wildman–Crippen LogP) is 9.69. The lowest BCUT2D eigenvalue weighted by atomic mass is 10.1. The van der Waals surface area contributed by atoms with Crippen molar-refractivity contribution in [1.29, 1.82) is 0 Å². The number of carbonyl (C=O) groups is 5. The second-order valence-electron chi connectivity index (χ2n) is 13.1. The fourth-order valence-electron chi connectivity index (χ4n) is 5.43. The molecule has 0 aromatic heterocycles. The van der Waals surface area contributed by atoms with E-state index < -0.39 is 17.7 Å². The van der Waals surface area contributed by atoms with Crippen molar-refractivity contribution in [2.45, 2.75) is 207 Å². The summed E-state index contributed by atoms with van der Waals surface area (Å²) in [5.74, 6) is -1.49. The van der Waals surface area contributed by atoms with Crippen LogP contribution in [0.3, 0.4) is 0 Å². The molecular formula is C39H70O9. The Labute approximate surface area is 292 Å². The fourth-order valence-corrected chi connectivity index (χ4v) is 5.43. The highest BCUT2D eigenvalue weighted by Crippen LogP contribution is 2.15.